The van der Waals surface area contributed by atoms with Gasteiger partial charge in [0.1, 0.15) is 11.2 Å². The van der Waals surface area contributed by atoms with Crippen LogP contribution in [0.4, 0.5) is 34.1 Å². The van der Waals surface area contributed by atoms with E-state index in [1.54, 1.807) is 0 Å². The van der Waals surface area contributed by atoms with E-state index in [1.165, 1.54) is 33.0 Å². The van der Waals surface area contributed by atoms with Crippen LogP contribution in [0.2, 0.25) is 0 Å². The lowest BCUT2D eigenvalue weighted by atomic mass is 9.79. The first-order chi connectivity index (χ1) is 37.0. The molecule has 2 aromatic heterocycles. The standard InChI is InChI=1S/C71H48N2O2/c1-71(2)60-44-64(73(50-28-18-26-48(42-50)46-23-7-4-8-24-46)62-38-20-36-58-54-32-14-16-40-66(54)75-70(58)62)51-29-9-11-33-55(51)67(60)59-43-63(52-30-10-12-34-56(52)68(59)71)72(49-27-17-25-47(41-49)45-21-5-3-6-22-45)61-37-19-35-57-53-31-13-15-39-65(53)74-69(57)61/h3-44H,1-2H3. The molecule has 14 aromatic rings. The van der Waals surface area contributed by atoms with Gasteiger partial charge in [-0.2, -0.15) is 0 Å². The molecule has 354 valence electrons. The van der Waals surface area contributed by atoms with Crippen molar-refractivity contribution in [3.8, 4) is 33.4 Å². The molecule has 0 bridgehead atoms. The molecule has 0 radical (unpaired) electrons. The molecule has 0 spiro atoms. The average molecular weight is 961 g/mol. The second-order valence-electron chi connectivity index (χ2n) is 20.4. The number of hydrogen-bond donors (Lipinski definition) is 0. The quantitative estimate of drug-likeness (QED) is 0.152. The maximum Gasteiger partial charge on any atom is 0.159 e. The second kappa shape index (κ2) is 16.7. The third-order valence-corrected chi connectivity index (χ3v) is 15.8. The minimum absolute atomic E-state index is 0.415. The summed E-state index contributed by atoms with van der Waals surface area (Å²) in [6, 6.07) is 92.1. The van der Waals surface area contributed by atoms with Gasteiger partial charge < -0.3 is 18.6 Å². The van der Waals surface area contributed by atoms with Crippen LogP contribution < -0.4 is 9.80 Å². The van der Waals surface area contributed by atoms with Gasteiger partial charge in [-0.05, 0) is 116 Å². The van der Waals surface area contributed by atoms with Crippen molar-refractivity contribution < 1.29 is 8.83 Å². The number of furan rings is 2. The molecule has 15 rings (SSSR count). The summed E-state index contributed by atoms with van der Waals surface area (Å²) in [6.07, 6.45) is 0. The fourth-order valence-electron chi connectivity index (χ4n) is 12.4. The molecule has 1 aliphatic rings. The lowest BCUT2D eigenvalue weighted by Gasteiger charge is -2.30. The van der Waals surface area contributed by atoms with Crippen molar-refractivity contribution in [3.05, 3.63) is 266 Å². The molecule has 75 heavy (non-hydrogen) atoms. The summed E-state index contributed by atoms with van der Waals surface area (Å²) in [5.74, 6) is 0. The SMILES string of the molecule is CC1(C)c2cc(N(c3cccc(-c4ccccc4)c3)c3cccc4c3oc3ccccc34)c3ccccc3c2-c2cc(N(c3cccc(-c4ccccc4)c3)c3cccc4c3oc3ccccc34)c3ccccc3c21. The minimum Gasteiger partial charge on any atom is -0.454 e. The first kappa shape index (κ1) is 43.0. The number of rotatable bonds is 8. The van der Waals surface area contributed by atoms with Crippen LogP contribution in [0.5, 0.6) is 0 Å². The second-order valence-corrected chi connectivity index (χ2v) is 20.4. The maximum atomic E-state index is 6.91. The lowest BCUT2D eigenvalue weighted by Crippen LogP contribution is -2.18. The molecule has 0 N–H and O–H groups in total. The van der Waals surface area contributed by atoms with Crippen LogP contribution in [0, 0.1) is 0 Å². The van der Waals surface area contributed by atoms with E-state index >= 15 is 0 Å². The first-order valence-corrected chi connectivity index (χ1v) is 25.8. The number of benzene rings is 12. The van der Waals surface area contributed by atoms with Gasteiger partial charge in [0, 0.05) is 49.1 Å². The van der Waals surface area contributed by atoms with Crippen molar-refractivity contribution in [2.75, 3.05) is 9.80 Å². The smallest absolute Gasteiger partial charge is 0.159 e. The van der Waals surface area contributed by atoms with Gasteiger partial charge in [0.05, 0.1) is 22.7 Å². The number of nitrogens with zero attached hydrogens (tertiary/aromatic N) is 2. The third-order valence-electron chi connectivity index (χ3n) is 15.8. The Morgan fingerprint density at radius 2 is 0.707 bits per heavy atom. The largest absolute Gasteiger partial charge is 0.454 e. The molecular formula is C71H48N2O2. The van der Waals surface area contributed by atoms with Gasteiger partial charge in [0.15, 0.2) is 11.2 Å². The van der Waals surface area contributed by atoms with Gasteiger partial charge in [-0.1, -0.05) is 208 Å². The van der Waals surface area contributed by atoms with E-state index in [0.717, 1.165) is 111 Å². The van der Waals surface area contributed by atoms with Crippen LogP contribution in [-0.4, -0.2) is 0 Å². The molecule has 0 aliphatic heterocycles. The summed E-state index contributed by atoms with van der Waals surface area (Å²) in [5.41, 5.74) is 18.9. The highest BCUT2D eigenvalue weighted by Crippen LogP contribution is 2.59. The van der Waals surface area contributed by atoms with Crippen molar-refractivity contribution in [2.24, 2.45) is 0 Å². The number of hydrogen-bond acceptors (Lipinski definition) is 4. The monoisotopic (exact) mass is 960 g/mol. The van der Waals surface area contributed by atoms with Crippen molar-refractivity contribution in [2.45, 2.75) is 19.3 Å². The molecule has 1 aliphatic carbocycles. The zero-order valence-corrected chi connectivity index (χ0v) is 41.5. The molecule has 0 fully saturated rings. The minimum atomic E-state index is -0.415. The van der Waals surface area contributed by atoms with E-state index in [-0.39, 0.29) is 0 Å². The van der Waals surface area contributed by atoms with Crippen molar-refractivity contribution in [1.29, 1.82) is 0 Å². The van der Waals surface area contributed by atoms with E-state index in [2.05, 4.69) is 278 Å². The van der Waals surface area contributed by atoms with Crippen LogP contribution in [0.15, 0.2) is 264 Å². The summed E-state index contributed by atoms with van der Waals surface area (Å²) in [6.45, 7) is 4.83. The Bertz CT molecular complexity index is 4580. The van der Waals surface area contributed by atoms with Crippen LogP contribution >= 0.6 is 0 Å². The van der Waals surface area contributed by atoms with Gasteiger partial charge in [-0.3, -0.25) is 0 Å². The van der Waals surface area contributed by atoms with E-state index in [4.69, 9.17) is 8.83 Å². The Kier molecular flexibility index (Phi) is 9.58. The lowest BCUT2D eigenvalue weighted by molar-refractivity contribution is 0.666. The topological polar surface area (TPSA) is 32.8 Å². The molecule has 0 amide bonds. The summed E-state index contributed by atoms with van der Waals surface area (Å²) in [7, 11) is 0. The van der Waals surface area contributed by atoms with E-state index in [1.807, 2.05) is 0 Å². The van der Waals surface area contributed by atoms with E-state index < -0.39 is 5.41 Å². The van der Waals surface area contributed by atoms with Crippen LogP contribution in [0.1, 0.15) is 25.0 Å². The Morgan fingerprint density at radius 3 is 1.24 bits per heavy atom. The number of anilines is 6. The molecule has 4 nitrogen and oxygen atoms in total. The van der Waals surface area contributed by atoms with Crippen molar-refractivity contribution in [3.63, 3.8) is 0 Å². The third kappa shape index (κ3) is 6.63. The molecule has 4 heteroatoms. The summed E-state index contributed by atoms with van der Waals surface area (Å²) >= 11 is 0. The van der Waals surface area contributed by atoms with Gasteiger partial charge in [-0.15, -0.1) is 0 Å². The molecule has 2 heterocycles. The van der Waals surface area contributed by atoms with Gasteiger partial charge in [0.2, 0.25) is 0 Å². The maximum absolute atomic E-state index is 6.91. The molecule has 12 aromatic carbocycles. The first-order valence-electron chi connectivity index (χ1n) is 25.8. The van der Waals surface area contributed by atoms with E-state index in [9.17, 15) is 0 Å². The highest BCUT2D eigenvalue weighted by atomic mass is 16.3. The zero-order chi connectivity index (χ0) is 49.8. The normalized spacial score (nSPS) is 12.8. The Morgan fingerprint density at radius 1 is 0.307 bits per heavy atom. The van der Waals surface area contributed by atoms with Crippen molar-refractivity contribution in [1.82, 2.24) is 0 Å². The average Bonchev–Trinajstić information content (AvgIpc) is 4.18. The zero-order valence-electron chi connectivity index (χ0n) is 41.5. The summed E-state index contributed by atoms with van der Waals surface area (Å²) in [5, 5.41) is 9.09. The van der Waals surface area contributed by atoms with E-state index in [0.29, 0.717) is 0 Å². The fraction of sp³-hybridized carbons (Fsp3) is 0.0423. The predicted molar refractivity (Wildman–Crippen MR) is 314 cm³/mol. The van der Waals surface area contributed by atoms with Crippen molar-refractivity contribution >= 4 is 99.5 Å². The Labute approximate surface area is 434 Å². The molecule has 0 saturated heterocycles. The number of para-hydroxylation sites is 4. The van der Waals surface area contributed by atoms with Crippen LogP contribution in [0.3, 0.4) is 0 Å². The Balaban J connectivity index is 1.01. The molecular weight excluding hydrogens is 913 g/mol. The number of fused-ring (bicyclic) bond motifs is 13. The molecule has 0 atom stereocenters. The summed E-state index contributed by atoms with van der Waals surface area (Å²) in [4.78, 5) is 4.88. The Hall–Kier alpha value is -9.64. The van der Waals surface area contributed by atoms with Crippen LogP contribution in [-0.2, 0) is 5.41 Å². The highest BCUT2D eigenvalue weighted by molar-refractivity contribution is 6.18. The predicted octanol–water partition coefficient (Wildman–Crippen LogP) is 20.4. The van der Waals surface area contributed by atoms with Gasteiger partial charge in [-0.25, -0.2) is 0 Å². The fourth-order valence-corrected chi connectivity index (χ4v) is 12.4. The highest BCUT2D eigenvalue weighted by Gasteiger charge is 2.41. The van der Waals surface area contributed by atoms with Crippen LogP contribution in [0.25, 0.3) is 98.8 Å². The van der Waals surface area contributed by atoms with Gasteiger partial charge >= 0.3 is 0 Å². The van der Waals surface area contributed by atoms with Gasteiger partial charge in [0.25, 0.3) is 0 Å². The molecule has 0 unspecified atom stereocenters. The molecule has 0 saturated carbocycles. The summed E-state index contributed by atoms with van der Waals surface area (Å²) < 4.78 is 13.8.